The maximum absolute atomic E-state index is 4.86. The molecule has 2 fully saturated rings. The first-order valence-electron chi connectivity index (χ1n) is 10.1. The van der Waals surface area contributed by atoms with E-state index in [0.29, 0.717) is 12.1 Å². The number of nitrogens with one attached hydrogen (secondary N) is 1. The van der Waals surface area contributed by atoms with Crippen LogP contribution in [-0.2, 0) is 0 Å². The summed E-state index contributed by atoms with van der Waals surface area (Å²) in [6.45, 7) is 4.19. The van der Waals surface area contributed by atoms with Crippen molar-refractivity contribution in [2.45, 2.75) is 25.4 Å². The Labute approximate surface area is 178 Å². The largest absolute Gasteiger partial charge is 0.351 e. The van der Waals surface area contributed by atoms with E-state index in [1.54, 1.807) is 17.5 Å². The molecule has 30 heavy (non-hydrogen) atoms. The maximum Gasteiger partial charge on any atom is 0.211 e. The van der Waals surface area contributed by atoms with Crippen LogP contribution >= 0.6 is 11.3 Å². The van der Waals surface area contributed by atoms with Gasteiger partial charge in [0.05, 0.1) is 10.2 Å². The summed E-state index contributed by atoms with van der Waals surface area (Å²) in [7, 11) is 2.22. The number of anilines is 3. The fourth-order valence-electron chi connectivity index (χ4n) is 4.48. The van der Waals surface area contributed by atoms with Crippen molar-refractivity contribution in [3.8, 4) is 5.13 Å². The number of pyridine rings is 2. The Morgan fingerprint density at radius 2 is 2.03 bits per heavy atom. The van der Waals surface area contributed by atoms with Gasteiger partial charge in [0.1, 0.15) is 17.5 Å². The van der Waals surface area contributed by atoms with Crippen LogP contribution in [0.3, 0.4) is 0 Å². The molecule has 2 bridgehead atoms. The van der Waals surface area contributed by atoms with Gasteiger partial charge in [-0.25, -0.2) is 19.6 Å². The Balaban J connectivity index is 1.25. The van der Waals surface area contributed by atoms with Crippen LogP contribution < -0.4 is 10.2 Å². The molecule has 6 rings (SSSR count). The number of aryl methyl sites for hydroxylation is 1. The topological polar surface area (TPSA) is 75.0 Å². The van der Waals surface area contributed by atoms with Crippen LogP contribution in [0.1, 0.15) is 12.1 Å². The highest BCUT2D eigenvalue weighted by atomic mass is 32.1. The summed E-state index contributed by atoms with van der Waals surface area (Å²) in [6, 6.07) is 11.3. The zero-order chi connectivity index (χ0) is 20.2. The molecule has 0 amide bonds. The molecule has 152 valence electrons. The van der Waals surface area contributed by atoms with Gasteiger partial charge in [-0.3, -0.25) is 4.90 Å². The predicted octanol–water partition coefficient (Wildman–Crippen LogP) is 3.22. The molecule has 0 unspecified atom stereocenters. The molecule has 8 nitrogen and oxygen atoms in total. The van der Waals surface area contributed by atoms with E-state index in [-0.39, 0.29) is 0 Å². The van der Waals surface area contributed by atoms with Gasteiger partial charge in [-0.1, -0.05) is 17.4 Å². The third kappa shape index (κ3) is 2.93. The van der Waals surface area contributed by atoms with Crippen molar-refractivity contribution < 1.29 is 0 Å². The minimum absolute atomic E-state index is 0.566. The van der Waals surface area contributed by atoms with E-state index in [4.69, 9.17) is 9.97 Å². The van der Waals surface area contributed by atoms with Crippen LogP contribution in [0.25, 0.3) is 15.3 Å². The summed E-state index contributed by atoms with van der Waals surface area (Å²) in [5.74, 6) is 2.57. The molecule has 2 aliphatic rings. The molecule has 2 aliphatic heterocycles. The zero-order valence-corrected chi connectivity index (χ0v) is 17.7. The quantitative estimate of drug-likeness (QED) is 0.545. The summed E-state index contributed by atoms with van der Waals surface area (Å²) in [4.78, 5) is 19.0. The number of aromatic nitrogens is 5. The summed E-state index contributed by atoms with van der Waals surface area (Å²) in [5, 5.41) is 8.55. The first-order valence-corrected chi connectivity index (χ1v) is 10.9. The van der Waals surface area contributed by atoms with E-state index >= 15 is 0 Å². The standard InChI is InChI=1S/C21H22N8S/c1-13-6-7-23-29(13)21-24-16-9-19(22-10-17(16)30-21)25-18-4-3-5-20(26-18)28-12-14-8-15(28)11-27(14)2/h3-7,9-10,14-15H,8,11-12H2,1-2H3,(H,22,25,26)/t14-,15-/m0/s1. The van der Waals surface area contributed by atoms with Gasteiger partial charge in [-0.15, -0.1) is 0 Å². The van der Waals surface area contributed by atoms with E-state index in [1.807, 2.05) is 36.0 Å². The maximum atomic E-state index is 4.86. The fraction of sp³-hybridized carbons (Fsp3) is 0.333. The molecular weight excluding hydrogens is 396 g/mol. The van der Waals surface area contributed by atoms with Gasteiger partial charge in [0, 0.05) is 49.3 Å². The van der Waals surface area contributed by atoms with Gasteiger partial charge in [-0.2, -0.15) is 5.10 Å². The van der Waals surface area contributed by atoms with Gasteiger partial charge in [0.25, 0.3) is 0 Å². The normalized spacial score (nSPS) is 21.1. The van der Waals surface area contributed by atoms with Gasteiger partial charge in [0.15, 0.2) is 0 Å². The lowest BCUT2D eigenvalue weighted by atomic mass is 10.2. The zero-order valence-electron chi connectivity index (χ0n) is 16.9. The van der Waals surface area contributed by atoms with Crippen LogP contribution in [0, 0.1) is 6.92 Å². The number of likely N-dealkylation sites (N-methyl/N-ethyl adjacent to an activating group) is 1. The first-order chi connectivity index (χ1) is 14.6. The van der Waals surface area contributed by atoms with Crippen molar-refractivity contribution in [1.82, 2.24) is 29.6 Å². The monoisotopic (exact) mass is 418 g/mol. The molecule has 1 N–H and O–H groups in total. The average molecular weight is 419 g/mol. The molecule has 0 saturated carbocycles. The van der Waals surface area contributed by atoms with Crippen LogP contribution in [-0.4, -0.2) is 61.9 Å². The number of hydrogen-bond acceptors (Lipinski definition) is 8. The van der Waals surface area contributed by atoms with Gasteiger partial charge in [-0.05, 0) is 38.6 Å². The fourth-order valence-corrected chi connectivity index (χ4v) is 5.41. The van der Waals surface area contributed by atoms with E-state index in [0.717, 1.165) is 51.6 Å². The van der Waals surface area contributed by atoms with Gasteiger partial charge in [0.2, 0.25) is 5.13 Å². The SMILES string of the molecule is Cc1ccnn1-c1nc2cc(Nc3cccc(N4C[C@@H]5C[C@H]4CN5C)n3)ncc2s1. The minimum Gasteiger partial charge on any atom is -0.351 e. The molecular formula is C21H22N8S. The number of piperazine rings is 1. The number of thiazole rings is 1. The van der Waals surface area contributed by atoms with Gasteiger partial charge >= 0.3 is 0 Å². The second-order valence-electron chi connectivity index (χ2n) is 8.06. The highest BCUT2D eigenvalue weighted by molar-refractivity contribution is 7.20. The van der Waals surface area contributed by atoms with E-state index < -0.39 is 0 Å². The summed E-state index contributed by atoms with van der Waals surface area (Å²) >= 11 is 1.58. The highest BCUT2D eigenvalue weighted by Crippen LogP contribution is 2.33. The van der Waals surface area contributed by atoms with Gasteiger partial charge < -0.3 is 10.2 Å². The van der Waals surface area contributed by atoms with E-state index in [2.05, 4.69) is 44.4 Å². The first kappa shape index (κ1) is 17.8. The lowest BCUT2D eigenvalue weighted by Gasteiger charge is -2.32. The lowest BCUT2D eigenvalue weighted by molar-refractivity contribution is 0.292. The van der Waals surface area contributed by atoms with Crippen LogP contribution in [0.5, 0.6) is 0 Å². The predicted molar refractivity (Wildman–Crippen MR) is 119 cm³/mol. The smallest absolute Gasteiger partial charge is 0.211 e. The Kier molecular flexibility index (Phi) is 4.00. The number of nitrogens with zero attached hydrogens (tertiary/aromatic N) is 7. The second kappa shape index (κ2) is 6.75. The van der Waals surface area contributed by atoms with Crippen molar-refractivity contribution in [2.24, 2.45) is 0 Å². The summed E-state index contributed by atoms with van der Waals surface area (Å²) in [6.07, 6.45) is 4.88. The molecule has 0 aliphatic carbocycles. The lowest BCUT2D eigenvalue weighted by Crippen LogP contribution is -2.44. The molecule has 2 saturated heterocycles. The number of rotatable bonds is 4. The van der Waals surface area contributed by atoms with Crippen LogP contribution in [0.2, 0.25) is 0 Å². The Morgan fingerprint density at radius 1 is 1.10 bits per heavy atom. The molecule has 0 spiro atoms. The number of fused-ring (bicyclic) bond motifs is 3. The number of hydrogen-bond donors (Lipinski definition) is 1. The molecule has 6 heterocycles. The Hall–Kier alpha value is -3.04. The van der Waals surface area contributed by atoms with Crippen molar-refractivity contribution in [3.05, 3.63) is 48.4 Å². The second-order valence-corrected chi connectivity index (χ2v) is 9.07. The van der Waals surface area contributed by atoms with E-state index in [9.17, 15) is 0 Å². The summed E-state index contributed by atoms with van der Waals surface area (Å²) in [5.41, 5.74) is 1.96. The minimum atomic E-state index is 0.566. The molecule has 9 heteroatoms. The molecule has 2 atom stereocenters. The molecule has 4 aromatic rings. The third-order valence-corrected chi connectivity index (χ3v) is 7.06. The van der Waals surface area contributed by atoms with E-state index in [1.165, 1.54) is 6.42 Å². The highest BCUT2D eigenvalue weighted by Gasteiger charge is 2.41. The van der Waals surface area contributed by atoms with Crippen LogP contribution in [0.15, 0.2) is 42.7 Å². The van der Waals surface area contributed by atoms with Crippen molar-refractivity contribution >= 4 is 39.0 Å². The van der Waals surface area contributed by atoms with Crippen molar-refractivity contribution in [2.75, 3.05) is 30.4 Å². The molecule has 0 aromatic carbocycles. The van der Waals surface area contributed by atoms with Crippen molar-refractivity contribution in [3.63, 3.8) is 0 Å². The Morgan fingerprint density at radius 3 is 2.80 bits per heavy atom. The van der Waals surface area contributed by atoms with Crippen molar-refractivity contribution in [1.29, 1.82) is 0 Å². The third-order valence-electron chi connectivity index (χ3n) is 6.08. The molecule has 4 aromatic heterocycles. The average Bonchev–Trinajstić information content (AvgIpc) is 3.50. The Bertz CT molecular complexity index is 1230. The molecule has 0 radical (unpaired) electrons. The summed E-state index contributed by atoms with van der Waals surface area (Å²) < 4.78 is 2.88. The van der Waals surface area contributed by atoms with Crippen LogP contribution in [0.4, 0.5) is 17.5 Å². The number of likely N-dealkylation sites (tertiary alicyclic amines) is 1.